The summed E-state index contributed by atoms with van der Waals surface area (Å²) >= 11 is 0. The molecule has 0 heterocycles. The molecule has 0 aromatic rings. The fourth-order valence-corrected chi connectivity index (χ4v) is 1.93. The number of primary amides is 1. The molecule has 0 radical (unpaired) electrons. The Morgan fingerprint density at radius 1 is 1.28 bits per heavy atom. The third-order valence-electron chi connectivity index (χ3n) is 2.83. The van der Waals surface area contributed by atoms with Crippen molar-refractivity contribution in [1.82, 2.24) is 4.90 Å². The zero-order valence-corrected chi connectivity index (χ0v) is 11.8. The van der Waals surface area contributed by atoms with Gasteiger partial charge in [0, 0.05) is 13.1 Å². The van der Waals surface area contributed by atoms with Crippen molar-refractivity contribution in [3.05, 3.63) is 0 Å². The molecular weight excluding hydrogens is 230 g/mol. The smallest absolute Gasteiger partial charge is 0.237 e. The van der Waals surface area contributed by atoms with Crippen molar-refractivity contribution < 1.29 is 9.59 Å². The van der Waals surface area contributed by atoms with Gasteiger partial charge in [-0.1, -0.05) is 27.2 Å². The molecule has 1 unspecified atom stereocenters. The topological polar surface area (TPSA) is 89.4 Å². The van der Waals surface area contributed by atoms with Crippen molar-refractivity contribution >= 4 is 11.8 Å². The highest BCUT2D eigenvalue weighted by atomic mass is 16.2. The maximum atomic E-state index is 12.3. The van der Waals surface area contributed by atoms with Crippen LogP contribution >= 0.6 is 0 Å². The number of nitrogens with zero attached hydrogens (tertiary/aromatic N) is 1. The minimum atomic E-state index is -0.472. The highest BCUT2D eigenvalue weighted by Crippen LogP contribution is 2.14. The first kappa shape index (κ1) is 16.9. The van der Waals surface area contributed by atoms with Crippen molar-refractivity contribution in [1.29, 1.82) is 0 Å². The SMILES string of the molecule is CCCCN(CC(N)=O)C(=O)C(CN)CC(C)C. The summed E-state index contributed by atoms with van der Waals surface area (Å²) in [6, 6.07) is 0. The van der Waals surface area contributed by atoms with Gasteiger partial charge in [0.1, 0.15) is 0 Å². The molecule has 1 atom stereocenters. The maximum absolute atomic E-state index is 12.3. The first-order valence-corrected chi connectivity index (χ1v) is 6.69. The highest BCUT2D eigenvalue weighted by molar-refractivity contribution is 5.85. The van der Waals surface area contributed by atoms with E-state index >= 15 is 0 Å². The minimum absolute atomic E-state index is 0.00652. The normalized spacial score (nSPS) is 12.5. The summed E-state index contributed by atoms with van der Waals surface area (Å²) < 4.78 is 0. The largest absolute Gasteiger partial charge is 0.368 e. The second-order valence-electron chi connectivity index (χ2n) is 5.14. The molecular formula is C13H27N3O2. The van der Waals surface area contributed by atoms with E-state index in [9.17, 15) is 9.59 Å². The van der Waals surface area contributed by atoms with Crippen molar-refractivity contribution in [3.63, 3.8) is 0 Å². The third kappa shape index (κ3) is 6.59. The zero-order chi connectivity index (χ0) is 14.1. The van der Waals surface area contributed by atoms with Gasteiger partial charge < -0.3 is 16.4 Å². The van der Waals surface area contributed by atoms with Gasteiger partial charge in [-0.25, -0.2) is 0 Å². The number of nitrogens with two attached hydrogens (primary N) is 2. The van der Waals surface area contributed by atoms with Crippen LogP contribution in [0.1, 0.15) is 40.0 Å². The van der Waals surface area contributed by atoms with Crippen LogP contribution in [-0.4, -0.2) is 36.3 Å². The molecule has 0 aromatic heterocycles. The Labute approximate surface area is 110 Å². The lowest BCUT2D eigenvalue weighted by molar-refractivity contribution is -0.139. The van der Waals surface area contributed by atoms with E-state index in [-0.39, 0.29) is 18.4 Å². The fraction of sp³-hybridized carbons (Fsp3) is 0.846. The van der Waals surface area contributed by atoms with Crippen LogP contribution in [0, 0.1) is 11.8 Å². The van der Waals surface area contributed by atoms with Gasteiger partial charge in [0.2, 0.25) is 11.8 Å². The molecule has 0 aromatic carbocycles. The van der Waals surface area contributed by atoms with Gasteiger partial charge in [-0.2, -0.15) is 0 Å². The van der Waals surface area contributed by atoms with E-state index in [4.69, 9.17) is 11.5 Å². The van der Waals surface area contributed by atoms with E-state index in [1.54, 1.807) is 4.90 Å². The summed E-state index contributed by atoms with van der Waals surface area (Å²) in [5, 5.41) is 0. The van der Waals surface area contributed by atoms with Crippen molar-refractivity contribution in [2.75, 3.05) is 19.6 Å². The second kappa shape index (κ2) is 8.91. The molecule has 0 aliphatic carbocycles. The van der Waals surface area contributed by atoms with Crippen LogP contribution in [0.15, 0.2) is 0 Å². The lowest BCUT2D eigenvalue weighted by Crippen LogP contribution is -2.44. The molecule has 18 heavy (non-hydrogen) atoms. The molecule has 5 heteroatoms. The first-order chi connectivity index (χ1) is 8.42. The Hall–Kier alpha value is -1.10. The summed E-state index contributed by atoms with van der Waals surface area (Å²) in [5.41, 5.74) is 10.8. The fourth-order valence-electron chi connectivity index (χ4n) is 1.93. The van der Waals surface area contributed by atoms with E-state index in [0.29, 0.717) is 19.0 Å². The minimum Gasteiger partial charge on any atom is -0.368 e. The third-order valence-corrected chi connectivity index (χ3v) is 2.83. The van der Waals surface area contributed by atoms with Crippen LogP contribution in [0.3, 0.4) is 0 Å². The van der Waals surface area contributed by atoms with Crippen LogP contribution in [0.2, 0.25) is 0 Å². The number of carbonyl (C=O) groups is 2. The van der Waals surface area contributed by atoms with Gasteiger partial charge in [-0.05, 0) is 18.8 Å². The highest BCUT2D eigenvalue weighted by Gasteiger charge is 2.24. The predicted molar refractivity (Wildman–Crippen MR) is 72.7 cm³/mol. The van der Waals surface area contributed by atoms with E-state index in [1.165, 1.54) is 0 Å². The molecule has 106 valence electrons. The first-order valence-electron chi connectivity index (χ1n) is 6.69. The van der Waals surface area contributed by atoms with Crippen LogP contribution in [0.25, 0.3) is 0 Å². The summed E-state index contributed by atoms with van der Waals surface area (Å²) in [6.45, 7) is 7.04. The Kier molecular flexibility index (Phi) is 8.37. The van der Waals surface area contributed by atoms with E-state index in [0.717, 1.165) is 19.3 Å². The number of carbonyl (C=O) groups excluding carboxylic acids is 2. The summed E-state index contributed by atoms with van der Waals surface area (Å²) in [7, 11) is 0. The number of unbranched alkanes of at least 4 members (excludes halogenated alkanes) is 1. The Bertz CT molecular complexity index is 267. The van der Waals surface area contributed by atoms with Crippen LogP contribution in [0.4, 0.5) is 0 Å². The zero-order valence-electron chi connectivity index (χ0n) is 11.8. The Balaban J connectivity index is 4.62. The molecule has 0 saturated heterocycles. The molecule has 0 saturated carbocycles. The van der Waals surface area contributed by atoms with Gasteiger partial charge in [0.05, 0.1) is 12.5 Å². The molecule has 0 spiro atoms. The molecule has 5 nitrogen and oxygen atoms in total. The van der Waals surface area contributed by atoms with Crippen LogP contribution in [0.5, 0.6) is 0 Å². The standard InChI is InChI=1S/C13H27N3O2/c1-4-5-6-16(9-12(15)17)13(18)11(8-14)7-10(2)3/h10-11H,4-9,14H2,1-3H3,(H2,15,17). The van der Waals surface area contributed by atoms with Gasteiger partial charge in [0.25, 0.3) is 0 Å². The Morgan fingerprint density at radius 2 is 1.89 bits per heavy atom. The molecule has 0 rings (SSSR count). The van der Waals surface area contributed by atoms with E-state index in [2.05, 4.69) is 13.8 Å². The molecule has 4 N–H and O–H groups in total. The summed E-state index contributed by atoms with van der Waals surface area (Å²) in [5.74, 6) is -0.316. The number of amides is 2. The summed E-state index contributed by atoms with van der Waals surface area (Å²) in [6.07, 6.45) is 2.59. The quantitative estimate of drug-likeness (QED) is 0.638. The lowest BCUT2D eigenvalue weighted by Gasteiger charge is -2.26. The summed E-state index contributed by atoms with van der Waals surface area (Å²) in [4.78, 5) is 24.8. The Morgan fingerprint density at radius 3 is 2.28 bits per heavy atom. The maximum Gasteiger partial charge on any atom is 0.237 e. The lowest BCUT2D eigenvalue weighted by atomic mass is 9.95. The second-order valence-corrected chi connectivity index (χ2v) is 5.14. The van der Waals surface area contributed by atoms with Crippen molar-refractivity contribution in [2.24, 2.45) is 23.3 Å². The van der Waals surface area contributed by atoms with E-state index < -0.39 is 5.91 Å². The van der Waals surface area contributed by atoms with Crippen LogP contribution in [-0.2, 0) is 9.59 Å². The predicted octanol–water partition coefficient (Wildman–Crippen LogP) is 0.721. The number of hydrogen-bond acceptors (Lipinski definition) is 3. The van der Waals surface area contributed by atoms with Gasteiger partial charge in [0.15, 0.2) is 0 Å². The number of hydrogen-bond donors (Lipinski definition) is 2. The number of rotatable bonds is 9. The molecule has 0 bridgehead atoms. The monoisotopic (exact) mass is 257 g/mol. The average Bonchev–Trinajstić information content (AvgIpc) is 2.29. The molecule has 2 amide bonds. The molecule has 0 aliphatic heterocycles. The van der Waals surface area contributed by atoms with Gasteiger partial charge in [-0.15, -0.1) is 0 Å². The van der Waals surface area contributed by atoms with Crippen molar-refractivity contribution in [2.45, 2.75) is 40.0 Å². The molecule has 0 fully saturated rings. The average molecular weight is 257 g/mol. The van der Waals surface area contributed by atoms with Crippen molar-refractivity contribution in [3.8, 4) is 0 Å². The molecule has 0 aliphatic rings. The van der Waals surface area contributed by atoms with Gasteiger partial charge >= 0.3 is 0 Å². The van der Waals surface area contributed by atoms with E-state index in [1.807, 2.05) is 6.92 Å². The van der Waals surface area contributed by atoms with Gasteiger partial charge in [-0.3, -0.25) is 9.59 Å². The van der Waals surface area contributed by atoms with Crippen LogP contribution < -0.4 is 11.5 Å².